The van der Waals surface area contributed by atoms with Gasteiger partial charge in [0.25, 0.3) is 5.91 Å². The Labute approximate surface area is 154 Å². The quantitative estimate of drug-likeness (QED) is 0.740. The number of rotatable bonds is 4. The third-order valence-corrected chi connectivity index (χ3v) is 4.09. The van der Waals surface area contributed by atoms with Gasteiger partial charge in [-0.05, 0) is 37.6 Å². The van der Waals surface area contributed by atoms with Crippen molar-refractivity contribution in [3.63, 3.8) is 0 Å². The molecular weight excluding hydrogens is 373 g/mol. The highest BCUT2D eigenvalue weighted by Crippen LogP contribution is 2.33. The summed E-state index contributed by atoms with van der Waals surface area (Å²) in [5.41, 5.74) is 1.38. The van der Waals surface area contributed by atoms with Crippen LogP contribution in [0.15, 0.2) is 36.4 Å². The van der Waals surface area contributed by atoms with E-state index in [4.69, 9.17) is 39.5 Å². The number of halogens is 3. The molecule has 24 heavy (non-hydrogen) atoms. The summed E-state index contributed by atoms with van der Waals surface area (Å²) in [6, 6.07) is 9.86. The molecule has 2 aromatic rings. The van der Waals surface area contributed by atoms with Gasteiger partial charge in [0.2, 0.25) is 0 Å². The predicted octanol–water partition coefficient (Wildman–Crippen LogP) is 5.14. The highest BCUT2D eigenvalue weighted by molar-refractivity contribution is 6.42. The van der Waals surface area contributed by atoms with E-state index in [0.717, 1.165) is 5.56 Å². The van der Waals surface area contributed by atoms with Crippen molar-refractivity contribution in [3.05, 3.63) is 62.6 Å². The lowest BCUT2D eigenvalue weighted by Crippen LogP contribution is -2.30. The molecule has 126 valence electrons. The van der Waals surface area contributed by atoms with Crippen molar-refractivity contribution in [1.82, 2.24) is 0 Å². The van der Waals surface area contributed by atoms with Crippen LogP contribution in [0.1, 0.15) is 22.8 Å². The SMILES string of the molecule is Cc1ccccc1C(=O)O[C@H](C)C(=O)Nc1c(Cl)cc(Cl)cc1Cl. The second-order valence-electron chi connectivity index (χ2n) is 5.10. The number of carbonyl (C=O) groups excluding carboxylic acids is 2. The van der Waals surface area contributed by atoms with Crippen LogP contribution in [0.5, 0.6) is 0 Å². The van der Waals surface area contributed by atoms with E-state index in [0.29, 0.717) is 10.6 Å². The molecule has 0 aliphatic rings. The number of anilines is 1. The Balaban J connectivity index is 2.08. The maximum atomic E-state index is 12.2. The first-order chi connectivity index (χ1) is 11.3. The van der Waals surface area contributed by atoms with Gasteiger partial charge >= 0.3 is 5.97 Å². The minimum Gasteiger partial charge on any atom is -0.449 e. The smallest absolute Gasteiger partial charge is 0.339 e. The van der Waals surface area contributed by atoms with E-state index >= 15 is 0 Å². The highest BCUT2D eigenvalue weighted by Gasteiger charge is 2.21. The topological polar surface area (TPSA) is 55.4 Å². The van der Waals surface area contributed by atoms with Gasteiger partial charge in [-0.15, -0.1) is 0 Å². The number of esters is 1. The summed E-state index contributed by atoms with van der Waals surface area (Å²) < 4.78 is 5.19. The van der Waals surface area contributed by atoms with E-state index < -0.39 is 18.0 Å². The molecule has 0 unspecified atom stereocenters. The van der Waals surface area contributed by atoms with E-state index in [1.807, 2.05) is 6.07 Å². The van der Waals surface area contributed by atoms with Gasteiger partial charge in [0.1, 0.15) is 0 Å². The van der Waals surface area contributed by atoms with Gasteiger partial charge < -0.3 is 10.1 Å². The highest BCUT2D eigenvalue weighted by atomic mass is 35.5. The number of ether oxygens (including phenoxy) is 1. The van der Waals surface area contributed by atoms with Crippen LogP contribution >= 0.6 is 34.8 Å². The maximum Gasteiger partial charge on any atom is 0.339 e. The molecule has 1 atom stereocenters. The van der Waals surface area contributed by atoms with Crippen molar-refractivity contribution < 1.29 is 14.3 Å². The number of hydrogen-bond acceptors (Lipinski definition) is 3. The molecule has 0 fully saturated rings. The monoisotopic (exact) mass is 385 g/mol. The summed E-state index contributed by atoms with van der Waals surface area (Å²) in [7, 11) is 0. The standard InChI is InChI=1S/C17H14Cl3NO3/c1-9-5-3-4-6-12(9)17(23)24-10(2)16(22)21-15-13(19)7-11(18)8-14(15)20/h3-8,10H,1-2H3,(H,21,22)/t10-/m1/s1. The number of amides is 1. The molecule has 2 aromatic carbocycles. The molecular formula is C17H14Cl3NO3. The fourth-order valence-electron chi connectivity index (χ4n) is 1.97. The summed E-state index contributed by atoms with van der Waals surface area (Å²) in [6.45, 7) is 3.25. The molecule has 0 spiro atoms. The Bertz CT molecular complexity index is 769. The second-order valence-corrected chi connectivity index (χ2v) is 6.35. The van der Waals surface area contributed by atoms with Crippen LogP contribution in [0.4, 0.5) is 5.69 Å². The van der Waals surface area contributed by atoms with Crippen LogP contribution in [0, 0.1) is 6.92 Å². The minimum absolute atomic E-state index is 0.193. The molecule has 0 radical (unpaired) electrons. The Morgan fingerprint density at radius 1 is 1.08 bits per heavy atom. The average molecular weight is 387 g/mol. The number of nitrogens with one attached hydrogen (secondary N) is 1. The van der Waals surface area contributed by atoms with Crippen LogP contribution in [-0.4, -0.2) is 18.0 Å². The van der Waals surface area contributed by atoms with E-state index in [1.165, 1.54) is 19.1 Å². The molecule has 1 amide bonds. The number of carbonyl (C=O) groups is 2. The lowest BCUT2D eigenvalue weighted by atomic mass is 10.1. The number of aryl methyl sites for hydroxylation is 1. The van der Waals surface area contributed by atoms with Crippen LogP contribution in [0.25, 0.3) is 0 Å². The molecule has 1 N–H and O–H groups in total. The zero-order valence-corrected chi connectivity index (χ0v) is 15.2. The first-order valence-corrected chi connectivity index (χ1v) is 8.15. The van der Waals surface area contributed by atoms with E-state index in [1.54, 1.807) is 25.1 Å². The Hall–Kier alpha value is -1.75. The van der Waals surface area contributed by atoms with E-state index in [-0.39, 0.29) is 15.7 Å². The molecule has 0 aliphatic carbocycles. The Morgan fingerprint density at radius 3 is 2.25 bits per heavy atom. The van der Waals surface area contributed by atoms with Crippen molar-refractivity contribution in [2.45, 2.75) is 20.0 Å². The van der Waals surface area contributed by atoms with Gasteiger partial charge in [-0.1, -0.05) is 53.0 Å². The van der Waals surface area contributed by atoms with Gasteiger partial charge in [-0.25, -0.2) is 4.79 Å². The Kier molecular flexibility index (Phi) is 6.10. The van der Waals surface area contributed by atoms with Crippen molar-refractivity contribution in [1.29, 1.82) is 0 Å². The molecule has 4 nitrogen and oxygen atoms in total. The van der Waals surface area contributed by atoms with Crippen LogP contribution in [-0.2, 0) is 9.53 Å². The predicted molar refractivity (Wildman–Crippen MR) is 96.2 cm³/mol. The minimum atomic E-state index is -1.03. The first kappa shape index (κ1) is 18.6. The normalized spacial score (nSPS) is 11.7. The molecule has 7 heteroatoms. The van der Waals surface area contributed by atoms with Gasteiger partial charge in [-0.2, -0.15) is 0 Å². The van der Waals surface area contributed by atoms with E-state index in [2.05, 4.69) is 5.32 Å². The third-order valence-electron chi connectivity index (χ3n) is 3.27. The molecule has 0 heterocycles. The van der Waals surface area contributed by atoms with Gasteiger partial charge in [0.15, 0.2) is 6.10 Å². The summed E-state index contributed by atoms with van der Waals surface area (Å²) in [5, 5.41) is 3.27. The Morgan fingerprint density at radius 2 is 1.67 bits per heavy atom. The molecule has 0 bridgehead atoms. The van der Waals surface area contributed by atoms with E-state index in [9.17, 15) is 9.59 Å². The second kappa shape index (κ2) is 7.88. The average Bonchev–Trinajstić information content (AvgIpc) is 2.50. The number of hydrogen-bond donors (Lipinski definition) is 1. The summed E-state index contributed by atoms with van der Waals surface area (Å²) in [6.07, 6.45) is -1.03. The van der Waals surface area contributed by atoms with Crippen LogP contribution in [0.2, 0.25) is 15.1 Å². The van der Waals surface area contributed by atoms with Gasteiger partial charge in [0.05, 0.1) is 21.3 Å². The lowest BCUT2D eigenvalue weighted by molar-refractivity contribution is -0.123. The maximum absolute atomic E-state index is 12.2. The van der Waals surface area contributed by atoms with Crippen molar-refractivity contribution in [2.24, 2.45) is 0 Å². The van der Waals surface area contributed by atoms with Gasteiger partial charge in [0, 0.05) is 5.02 Å². The third kappa shape index (κ3) is 4.41. The van der Waals surface area contributed by atoms with Crippen molar-refractivity contribution in [3.8, 4) is 0 Å². The molecule has 0 aromatic heterocycles. The van der Waals surface area contributed by atoms with Crippen LogP contribution in [0.3, 0.4) is 0 Å². The zero-order valence-electron chi connectivity index (χ0n) is 12.9. The zero-order chi connectivity index (χ0) is 17.9. The van der Waals surface area contributed by atoms with Crippen molar-refractivity contribution in [2.75, 3.05) is 5.32 Å². The lowest BCUT2D eigenvalue weighted by Gasteiger charge is -2.16. The van der Waals surface area contributed by atoms with Crippen molar-refractivity contribution >= 4 is 52.4 Å². The summed E-state index contributed by atoms with van der Waals surface area (Å²) in [4.78, 5) is 24.4. The first-order valence-electron chi connectivity index (χ1n) is 7.01. The molecule has 0 aliphatic heterocycles. The fraction of sp³-hybridized carbons (Fsp3) is 0.176. The molecule has 2 rings (SSSR count). The molecule has 0 saturated carbocycles. The van der Waals surface area contributed by atoms with Gasteiger partial charge in [-0.3, -0.25) is 4.79 Å². The van der Waals surface area contributed by atoms with Crippen LogP contribution < -0.4 is 5.32 Å². The fourth-order valence-corrected chi connectivity index (χ4v) is 2.88. The number of benzene rings is 2. The summed E-state index contributed by atoms with van der Waals surface area (Å²) in [5.74, 6) is -1.13. The molecule has 0 saturated heterocycles. The summed E-state index contributed by atoms with van der Waals surface area (Å²) >= 11 is 17.9. The largest absolute Gasteiger partial charge is 0.449 e.